The van der Waals surface area contributed by atoms with Gasteiger partial charge in [0, 0.05) is 6.54 Å². The van der Waals surface area contributed by atoms with E-state index in [2.05, 4.69) is 10.3 Å². The normalized spacial score (nSPS) is 13.7. The molecular weight excluding hydrogens is 466 g/mol. The van der Waals surface area contributed by atoms with Crippen LogP contribution in [0.3, 0.4) is 0 Å². The first-order valence-corrected chi connectivity index (χ1v) is 12.6. The lowest BCUT2D eigenvalue weighted by Gasteiger charge is -2.30. The van der Waals surface area contributed by atoms with Gasteiger partial charge in [-0.25, -0.2) is 13.4 Å². The van der Waals surface area contributed by atoms with Gasteiger partial charge in [-0.2, -0.15) is 0 Å². The predicted octanol–water partition coefficient (Wildman–Crippen LogP) is 5.34. The lowest BCUT2D eigenvalue weighted by Crippen LogP contribution is -2.35. The van der Waals surface area contributed by atoms with Crippen molar-refractivity contribution in [1.82, 2.24) is 4.98 Å². The Balaban J connectivity index is 1.47. The van der Waals surface area contributed by atoms with Crippen LogP contribution < -0.4 is 9.62 Å². The standard InChI is InChI=1S/C23H18ClN3O3S2/c24-18-12-11-16(32(29,30)27-13-5-7-15-6-1-3-9-20(15)27)14-17(18)22(28)26-23-25-19-8-2-4-10-21(19)31-23/h1-4,6,8-12,14H,5,7,13H2,(H,25,26,28). The number of carbonyl (C=O) groups excluding carboxylic acids is 1. The second-order valence-electron chi connectivity index (χ2n) is 7.39. The number of anilines is 2. The number of nitrogens with one attached hydrogen (secondary N) is 1. The van der Waals surface area contributed by atoms with Crippen LogP contribution >= 0.6 is 22.9 Å². The van der Waals surface area contributed by atoms with Crippen molar-refractivity contribution in [2.24, 2.45) is 0 Å². The maximum absolute atomic E-state index is 13.5. The van der Waals surface area contributed by atoms with Crippen LogP contribution in [-0.2, 0) is 16.4 Å². The molecule has 0 saturated carbocycles. The Bertz CT molecular complexity index is 1420. The minimum absolute atomic E-state index is 0.0213. The van der Waals surface area contributed by atoms with E-state index in [9.17, 15) is 13.2 Å². The highest BCUT2D eigenvalue weighted by atomic mass is 35.5. The minimum Gasteiger partial charge on any atom is -0.298 e. The number of rotatable bonds is 4. The van der Waals surface area contributed by atoms with E-state index in [1.54, 1.807) is 0 Å². The molecule has 162 valence electrons. The summed E-state index contributed by atoms with van der Waals surface area (Å²) in [6.07, 6.45) is 1.56. The van der Waals surface area contributed by atoms with E-state index in [0.717, 1.165) is 28.6 Å². The zero-order chi connectivity index (χ0) is 22.3. The summed E-state index contributed by atoms with van der Waals surface area (Å²) >= 11 is 7.60. The molecule has 1 amide bonds. The molecule has 0 bridgehead atoms. The molecule has 6 nitrogen and oxygen atoms in total. The molecule has 0 atom stereocenters. The van der Waals surface area contributed by atoms with Gasteiger partial charge in [0.25, 0.3) is 15.9 Å². The number of hydrogen-bond donors (Lipinski definition) is 1. The van der Waals surface area contributed by atoms with Crippen molar-refractivity contribution >= 4 is 59.9 Å². The lowest BCUT2D eigenvalue weighted by molar-refractivity contribution is 0.102. The summed E-state index contributed by atoms with van der Waals surface area (Å²) < 4.78 is 29.3. The van der Waals surface area contributed by atoms with Gasteiger partial charge in [0.05, 0.1) is 31.4 Å². The third-order valence-corrected chi connectivity index (χ3v) is 8.44. The van der Waals surface area contributed by atoms with Gasteiger partial charge in [0.2, 0.25) is 0 Å². The number of fused-ring (bicyclic) bond motifs is 2. The highest BCUT2D eigenvalue weighted by molar-refractivity contribution is 7.92. The van der Waals surface area contributed by atoms with Gasteiger partial charge in [-0.05, 0) is 54.8 Å². The number of benzene rings is 3. The molecule has 1 aromatic heterocycles. The minimum atomic E-state index is -3.86. The number of hydrogen-bond acceptors (Lipinski definition) is 5. The molecule has 0 spiro atoms. The summed E-state index contributed by atoms with van der Waals surface area (Å²) in [5, 5.41) is 3.33. The molecule has 0 unspecified atom stereocenters. The van der Waals surface area contributed by atoms with E-state index in [1.807, 2.05) is 48.5 Å². The highest BCUT2D eigenvalue weighted by Gasteiger charge is 2.30. The van der Waals surface area contributed by atoms with Crippen molar-refractivity contribution in [3.05, 3.63) is 82.9 Å². The van der Waals surface area contributed by atoms with Gasteiger partial charge in [0.15, 0.2) is 5.13 Å². The molecule has 5 rings (SSSR count). The Morgan fingerprint density at radius 1 is 1.06 bits per heavy atom. The third kappa shape index (κ3) is 3.74. The van der Waals surface area contributed by atoms with Crippen LogP contribution in [0.2, 0.25) is 5.02 Å². The number of aryl methyl sites for hydroxylation is 1. The summed E-state index contributed by atoms with van der Waals surface area (Å²) in [5.41, 5.74) is 2.52. The summed E-state index contributed by atoms with van der Waals surface area (Å²) in [5.74, 6) is -0.509. The molecule has 2 heterocycles. The Hall–Kier alpha value is -2.94. The van der Waals surface area contributed by atoms with Gasteiger partial charge < -0.3 is 0 Å². The molecule has 9 heteroatoms. The van der Waals surface area contributed by atoms with E-state index < -0.39 is 15.9 Å². The molecule has 1 aliphatic rings. The van der Waals surface area contributed by atoms with Gasteiger partial charge in [-0.1, -0.05) is 53.3 Å². The first kappa shape index (κ1) is 20.9. The van der Waals surface area contributed by atoms with Crippen LogP contribution in [0.4, 0.5) is 10.8 Å². The van der Waals surface area contributed by atoms with E-state index in [0.29, 0.717) is 17.4 Å². The zero-order valence-electron chi connectivity index (χ0n) is 16.8. The van der Waals surface area contributed by atoms with Crippen molar-refractivity contribution in [3.63, 3.8) is 0 Å². The predicted molar refractivity (Wildman–Crippen MR) is 128 cm³/mol. The van der Waals surface area contributed by atoms with Crippen LogP contribution in [0.1, 0.15) is 22.3 Å². The quantitative estimate of drug-likeness (QED) is 0.424. The smallest absolute Gasteiger partial charge is 0.264 e. The van der Waals surface area contributed by atoms with Gasteiger partial charge in [-0.15, -0.1) is 0 Å². The molecule has 0 aliphatic carbocycles. The topological polar surface area (TPSA) is 79.4 Å². The van der Waals surface area contributed by atoms with Gasteiger partial charge in [-0.3, -0.25) is 14.4 Å². The van der Waals surface area contributed by atoms with Crippen molar-refractivity contribution in [2.75, 3.05) is 16.2 Å². The van der Waals surface area contributed by atoms with Crippen LogP contribution in [0.25, 0.3) is 10.2 Å². The second-order valence-corrected chi connectivity index (χ2v) is 10.7. The van der Waals surface area contributed by atoms with Crippen molar-refractivity contribution in [1.29, 1.82) is 0 Å². The Morgan fingerprint density at radius 3 is 2.69 bits per heavy atom. The number of thiazole rings is 1. The molecule has 0 saturated heterocycles. The molecule has 3 aromatic carbocycles. The first-order chi connectivity index (χ1) is 15.4. The molecular formula is C23H18ClN3O3S2. The maximum atomic E-state index is 13.5. The SMILES string of the molecule is O=C(Nc1nc2ccccc2s1)c1cc(S(=O)(=O)N2CCCc3ccccc32)ccc1Cl. The number of carbonyl (C=O) groups is 1. The van der Waals surface area contributed by atoms with Crippen LogP contribution in [0.15, 0.2) is 71.6 Å². The fourth-order valence-electron chi connectivity index (χ4n) is 3.80. The van der Waals surface area contributed by atoms with Crippen molar-refractivity contribution in [2.45, 2.75) is 17.7 Å². The van der Waals surface area contributed by atoms with Crippen molar-refractivity contribution < 1.29 is 13.2 Å². The van der Waals surface area contributed by atoms with E-state index in [4.69, 9.17) is 11.6 Å². The fraction of sp³-hybridized carbons (Fsp3) is 0.130. The summed E-state index contributed by atoms with van der Waals surface area (Å²) in [4.78, 5) is 17.3. The molecule has 1 aliphatic heterocycles. The Labute approximate surface area is 194 Å². The number of sulfonamides is 1. The Kier molecular flexibility index (Phi) is 5.36. The van der Waals surface area contributed by atoms with E-state index in [1.165, 1.54) is 33.8 Å². The molecule has 0 fully saturated rings. The highest BCUT2D eigenvalue weighted by Crippen LogP contribution is 2.33. The number of para-hydroxylation sites is 2. The van der Waals surface area contributed by atoms with Gasteiger partial charge in [0.1, 0.15) is 0 Å². The molecule has 32 heavy (non-hydrogen) atoms. The maximum Gasteiger partial charge on any atom is 0.264 e. The van der Waals surface area contributed by atoms with Crippen LogP contribution in [0, 0.1) is 0 Å². The van der Waals surface area contributed by atoms with E-state index >= 15 is 0 Å². The largest absolute Gasteiger partial charge is 0.298 e. The average molecular weight is 484 g/mol. The third-order valence-electron chi connectivity index (χ3n) is 5.35. The monoisotopic (exact) mass is 483 g/mol. The first-order valence-electron chi connectivity index (χ1n) is 10.0. The molecule has 4 aromatic rings. The van der Waals surface area contributed by atoms with E-state index in [-0.39, 0.29) is 15.5 Å². The van der Waals surface area contributed by atoms with Crippen LogP contribution in [0.5, 0.6) is 0 Å². The molecule has 1 N–H and O–H groups in total. The summed E-state index contributed by atoms with van der Waals surface area (Å²) in [6.45, 7) is 0.384. The Morgan fingerprint density at radius 2 is 1.84 bits per heavy atom. The fourth-order valence-corrected chi connectivity index (χ4v) is 6.44. The van der Waals surface area contributed by atoms with Crippen molar-refractivity contribution in [3.8, 4) is 0 Å². The summed E-state index contributed by atoms with van der Waals surface area (Å²) in [7, 11) is -3.86. The second kappa shape index (κ2) is 8.20. The molecule has 0 radical (unpaired) electrons. The number of aromatic nitrogens is 1. The van der Waals surface area contributed by atoms with Gasteiger partial charge >= 0.3 is 0 Å². The lowest BCUT2D eigenvalue weighted by atomic mass is 10.0. The number of amides is 1. The summed E-state index contributed by atoms with van der Waals surface area (Å²) in [6, 6.07) is 19.2. The average Bonchev–Trinajstić information content (AvgIpc) is 3.21. The zero-order valence-corrected chi connectivity index (χ0v) is 19.2. The van der Waals surface area contributed by atoms with Crippen LogP contribution in [-0.4, -0.2) is 25.9 Å². The number of nitrogens with zero attached hydrogens (tertiary/aromatic N) is 2. The number of halogens is 1.